The van der Waals surface area contributed by atoms with Crippen LogP contribution in [0, 0.1) is 13.8 Å². The van der Waals surface area contributed by atoms with Gasteiger partial charge in [-0.05, 0) is 19.9 Å². The van der Waals surface area contributed by atoms with Crippen LogP contribution in [0.15, 0.2) is 28.8 Å². The minimum atomic E-state index is -0.00735. The highest BCUT2D eigenvalue weighted by atomic mass is 35.5. The van der Waals surface area contributed by atoms with Gasteiger partial charge in [-0.15, -0.1) is 24.2 Å². The number of ether oxygens (including phenoxy) is 1. The first-order valence-electron chi connectivity index (χ1n) is 8.74. The van der Waals surface area contributed by atoms with E-state index in [0.29, 0.717) is 12.3 Å². The number of thioether (sulfide) groups is 1. The fraction of sp³-hybridized carbons (Fsp3) is 0.474. The highest BCUT2D eigenvalue weighted by Crippen LogP contribution is 2.31. The van der Waals surface area contributed by atoms with Gasteiger partial charge in [0.05, 0.1) is 24.6 Å². The molecule has 0 aliphatic carbocycles. The maximum atomic E-state index is 12.9. The molecule has 0 saturated carbocycles. The van der Waals surface area contributed by atoms with Crippen molar-refractivity contribution >= 4 is 30.1 Å². The number of carbonyl (C=O) groups is 1. The van der Waals surface area contributed by atoms with E-state index in [0.717, 1.165) is 47.2 Å². The van der Waals surface area contributed by atoms with E-state index >= 15 is 0 Å². The van der Waals surface area contributed by atoms with Gasteiger partial charge in [-0.3, -0.25) is 4.79 Å². The van der Waals surface area contributed by atoms with E-state index < -0.39 is 0 Å². The topological polar surface area (TPSA) is 67.6 Å². The lowest BCUT2D eigenvalue weighted by Crippen LogP contribution is -2.49. The summed E-state index contributed by atoms with van der Waals surface area (Å²) < 4.78 is 10.7. The Hall–Kier alpha value is -1.70. The largest absolute Gasteiger partial charge is 0.496 e. The van der Waals surface area contributed by atoms with Gasteiger partial charge in [0.2, 0.25) is 5.91 Å². The molecule has 8 heteroatoms. The van der Waals surface area contributed by atoms with Crippen LogP contribution in [0.3, 0.4) is 0 Å². The van der Waals surface area contributed by atoms with Crippen LogP contribution >= 0.6 is 24.2 Å². The van der Waals surface area contributed by atoms with Gasteiger partial charge in [0.15, 0.2) is 0 Å². The number of aryl methyl sites for hydroxylation is 2. The van der Waals surface area contributed by atoms with Crippen LogP contribution in [-0.2, 0) is 10.5 Å². The van der Waals surface area contributed by atoms with Crippen LogP contribution in [-0.4, -0.2) is 48.5 Å². The lowest BCUT2D eigenvalue weighted by Gasteiger charge is -2.37. The number of methoxy groups -OCH3 is 1. The van der Waals surface area contributed by atoms with Crippen molar-refractivity contribution in [1.82, 2.24) is 15.4 Å². The van der Waals surface area contributed by atoms with Crippen molar-refractivity contribution in [3.8, 4) is 5.75 Å². The summed E-state index contributed by atoms with van der Waals surface area (Å²) in [6.07, 6.45) is 0. The zero-order chi connectivity index (χ0) is 18.5. The Kier molecular flexibility index (Phi) is 8.01. The summed E-state index contributed by atoms with van der Waals surface area (Å²) in [5.74, 6) is 2.98. The quantitative estimate of drug-likeness (QED) is 0.787. The highest BCUT2D eigenvalue weighted by molar-refractivity contribution is 7.99. The molecule has 6 nitrogen and oxygen atoms in total. The van der Waals surface area contributed by atoms with Crippen LogP contribution in [0.1, 0.15) is 28.6 Å². The van der Waals surface area contributed by atoms with Crippen molar-refractivity contribution in [3.05, 3.63) is 46.8 Å². The second-order valence-corrected chi connectivity index (χ2v) is 7.33. The third kappa shape index (κ3) is 4.97. The number of hydrogen-bond donors (Lipinski definition) is 1. The van der Waals surface area contributed by atoms with E-state index in [2.05, 4.69) is 10.5 Å². The van der Waals surface area contributed by atoms with Crippen molar-refractivity contribution in [2.75, 3.05) is 32.5 Å². The number of rotatable bonds is 6. The summed E-state index contributed by atoms with van der Waals surface area (Å²) in [4.78, 5) is 14.8. The number of nitrogens with one attached hydrogen (secondary N) is 1. The lowest BCUT2D eigenvalue weighted by atomic mass is 10.0. The molecule has 0 bridgehead atoms. The number of hydrogen-bond acceptors (Lipinski definition) is 6. The van der Waals surface area contributed by atoms with Crippen molar-refractivity contribution in [3.63, 3.8) is 0 Å². The SMILES string of the molecule is COc1ccccc1C1CNCCN1C(=O)CSCc1c(C)noc1C.Cl. The summed E-state index contributed by atoms with van der Waals surface area (Å²) in [5, 5.41) is 7.35. The number of amides is 1. The first-order valence-corrected chi connectivity index (χ1v) is 9.90. The second kappa shape index (κ2) is 10.0. The molecule has 1 aromatic carbocycles. The minimum absolute atomic E-state index is 0. The Morgan fingerprint density at radius 3 is 2.89 bits per heavy atom. The standard InChI is InChI=1S/C19H25N3O3S.ClH/c1-13-16(14(2)25-21-13)11-26-12-19(23)22-9-8-20-10-17(22)15-6-4-5-7-18(15)24-3;/h4-7,17,20H,8-12H2,1-3H3;1H. The monoisotopic (exact) mass is 411 g/mol. The minimum Gasteiger partial charge on any atom is -0.496 e. The Morgan fingerprint density at radius 1 is 1.41 bits per heavy atom. The molecule has 1 saturated heterocycles. The lowest BCUT2D eigenvalue weighted by molar-refractivity contribution is -0.131. The van der Waals surface area contributed by atoms with Gasteiger partial charge >= 0.3 is 0 Å². The molecule has 1 aliphatic rings. The van der Waals surface area contributed by atoms with Crippen molar-refractivity contribution in [2.45, 2.75) is 25.6 Å². The molecule has 2 aromatic rings. The smallest absolute Gasteiger partial charge is 0.233 e. The predicted molar refractivity (Wildman–Crippen MR) is 110 cm³/mol. The molecule has 148 valence electrons. The first kappa shape index (κ1) is 21.6. The van der Waals surface area contributed by atoms with Gasteiger partial charge < -0.3 is 19.5 Å². The average Bonchev–Trinajstić information content (AvgIpc) is 3.00. The number of nitrogens with zero attached hydrogens (tertiary/aromatic N) is 2. The van der Waals surface area contributed by atoms with Gasteiger partial charge in [0.1, 0.15) is 11.5 Å². The Labute approximate surface area is 170 Å². The number of benzene rings is 1. The van der Waals surface area contributed by atoms with E-state index in [1.807, 2.05) is 43.0 Å². The Bertz CT molecular complexity index is 749. The van der Waals surface area contributed by atoms with E-state index in [9.17, 15) is 4.79 Å². The van der Waals surface area contributed by atoms with Crippen molar-refractivity contribution < 1.29 is 14.1 Å². The molecular weight excluding hydrogens is 386 g/mol. The third-order valence-electron chi connectivity index (χ3n) is 4.71. The van der Waals surface area contributed by atoms with E-state index in [4.69, 9.17) is 9.26 Å². The molecule has 1 atom stereocenters. The molecule has 1 unspecified atom stereocenters. The summed E-state index contributed by atoms with van der Waals surface area (Å²) in [6.45, 7) is 6.09. The molecule has 0 spiro atoms. The van der Waals surface area contributed by atoms with Crippen LogP contribution in [0.25, 0.3) is 0 Å². The second-order valence-electron chi connectivity index (χ2n) is 6.34. The van der Waals surface area contributed by atoms with Crippen molar-refractivity contribution in [2.24, 2.45) is 0 Å². The third-order valence-corrected chi connectivity index (χ3v) is 5.66. The average molecular weight is 412 g/mol. The molecule has 27 heavy (non-hydrogen) atoms. The maximum absolute atomic E-state index is 12.9. The normalized spacial score (nSPS) is 16.7. The molecular formula is C19H26ClN3O3S. The fourth-order valence-corrected chi connectivity index (χ4v) is 4.31. The number of halogens is 1. The molecule has 3 rings (SSSR count). The zero-order valence-electron chi connectivity index (χ0n) is 15.9. The molecule has 1 aromatic heterocycles. The predicted octanol–water partition coefficient (Wildman–Crippen LogP) is 3.13. The molecule has 1 aliphatic heterocycles. The Morgan fingerprint density at radius 2 is 2.19 bits per heavy atom. The molecule has 0 radical (unpaired) electrons. The van der Waals surface area contributed by atoms with Gasteiger partial charge in [-0.25, -0.2) is 0 Å². The maximum Gasteiger partial charge on any atom is 0.233 e. The van der Waals surface area contributed by atoms with Crippen LogP contribution in [0.4, 0.5) is 0 Å². The Balaban J connectivity index is 0.00000261. The number of para-hydroxylation sites is 1. The number of carbonyl (C=O) groups excluding carboxylic acids is 1. The summed E-state index contributed by atoms with van der Waals surface area (Å²) in [7, 11) is 1.67. The number of piperazine rings is 1. The van der Waals surface area contributed by atoms with Gasteiger partial charge in [-0.1, -0.05) is 23.4 Å². The van der Waals surface area contributed by atoms with Crippen LogP contribution in [0.5, 0.6) is 5.75 Å². The van der Waals surface area contributed by atoms with Gasteiger partial charge in [-0.2, -0.15) is 0 Å². The summed E-state index contributed by atoms with van der Waals surface area (Å²) in [6, 6.07) is 7.91. The highest BCUT2D eigenvalue weighted by Gasteiger charge is 2.29. The molecule has 1 N–H and O–H groups in total. The van der Waals surface area contributed by atoms with Crippen LogP contribution < -0.4 is 10.1 Å². The zero-order valence-corrected chi connectivity index (χ0v) is 17.5. The van der Waals surface area contributed by atoms with Gasteiger partial charge in [0.25, 0.3) is 0 Å². The van der Waals surface area contributed by atoms with Crippen molar-refractivity contribution in [1.29, 1.82) is 0 Å². The summed E-state index contributed by atoms with van der Waals surface area (Å²) >= 11 is 1.61. The van der Waals surface area contributed by atoms with E-state index in [-0.39, 0.29) is 24.4 Å². The van der Waals surface area contributed by atoms with E-state index in [1.54, 1.807) is 18.9 Å². The molecule has 1 fully saturated rings. The fourth-order valence-electron chi connectivity index (χ4n) is 3.25. The summed E-state index contributed by atoms with van der Waals surface area (Å²) in [5.41, 5.74) is 3.03. The first-order chi connectivity index (χ1) is 12.6. The van der Waals surface area contributed by atoms with Crippen LogP contribution in [0.2, 0.25) is 0 Å². The molecule has 2 heterocycles. The number of aromatic nitrogens is 1. The molecule has 1 amide bonds. The van der Waals surface area contributed by atoms with Gasteiger partial charge in [0, 0.05) is 36.5 Å². The van der Waals surface area contributed by atoms with E-state index in [1.165, 1.54) is 0 Å².